The van der Waals surface area contributed by atoms with Gasteiger partial charge in [0, 0.05) is 22.2 Å². The molecule has 4 heterocycles. The van der Waals surface area contributed by atoms with Crippen molar-refractivity contribution in [2.45, 2.75) is 0 Å². The first kappa shape index (κ1) is 43.3. The molecule has 10 nitrogen and oxygen atoms in total. The predicted molar refractivity (Wildman–Crippen MR) is 285 cm³/mol. The second-order valence-electron chi connectivity index (χ2n) is 17.3. The number of aromatic nitrogens is 4. The highest BCUT2D eigenvalue weighted by atomic mass is 16.4. The van der Waals surface area contributed by atoms with Gasteiger partial charge in [0.1, 0.15) is 34.2 Å². The minimum absolute atomic E-state index is 0.0578. The molecule has 338 valence electrons. The van der Waals surface area contributed by atoms with E-state index in [1.54, 1.807) is 24.3 Å². The van der Waals surface area contributed by atoms with Gasteiger partial charge in [-0.15, -0.1) is 0 Å². The molecular formula is C60H38B2N6O4. The van der Waals surface area contributed by atoms with Crippen molar-refractivity contribution < 1.29 is 19.0 Å². The van der Waals surface area contributed by atoms with Crippen LogP contribution in [0.2, 0.25) is 0 Å². The van der Waals surface area contributed by atoms with Crippen molar-refractivity contribution in [1.82, 2.24) is 18.9 Å². The Morgan fingerprint density at radius 1 is 0.472 bits per heavy atom. The molecule has 0 amide bonds. The zero-order chi connectivity index (χ0) is 48.7. The Morgan fingerprint density at radius 3 is 1.24 bits per heavy atom. The summed E-state index contributed by atoms with van der Waals surface area (Å²) in [6.07, 6.45) is 0. The first-order valence-electron chi connectivity index (χ1n) is 23.3. The maximum atomic E-state index is 12.0. The molecule has 8 aromatic carbocycles. The van der Waals surface area contributed by atoms with Crippen molar-refractivity contribution in [2.75, 3.05) is 0 Å². The summed E-state index contributed by atoms with van der Waals surface area (Å²) in [6.45, 7) is 8.08. The predicted octanol–water partition coefficient (Wildman–Crippen LogP) is 8.58. The molecule has 0 atom stereocenters. The number of para-hydroxylation sites is 4. The first-order chi connectivity index (χ1) is 35.5. The average Bonchev–Trinajstić information content (AvgIpc) is 4.21. The van der Waals surface area contributed by atoms with Gasteiger partial charge in [0.2, 0.25) is 11.8 Å². The molecule has 12 heteroatoms. The Hall–Kier alpha value is -10.0. The number of hydrogen-bond donors (Lipinski definition) is 2. The van der Waals surface area contributed by atoms with Crippen LogP contribution < -0.4 is 32.5 Å². The number of oxazole rings is 2. The number of aromatic hydroxyl groups is 2. The molecule has 0 saturated heterocycles. The van der Waals surface area contributed by atoms with Crippen LogP contribution in [0.15, 0.2) is 227 Å². The van der Waals surface area contributed by atoms with Crippen molar-refractivity contribution in [2.24, 2.45) is 0 Å². The number of benzene rings is 8. The Morgan fingerprint density at radius 2 is 0.833 bits per heavy atom. The van der Waals surface area contributed by atoms with Crippen molar-refractivity contribution in [1.29, 1.82) is 5.26 Å². The summed E-state index contributed by atoms with van der Waals surface area (Å²) < 4.78 is 17.6. The van der Waals surface area contributed by atoms with E-state index in [0.717, 1.165) is 21.9 Å². The van der Waals surface area contributed by atoms with Gasteiger partial charge in [-0.05, 0) is 83.9 Å². The third-order valence-corrected chi connectivity index (χ3v) is 13.1. The topological polar surface area (TPSA) is 131 Å². The standard InChI is InChI=1S/C60H38B2N6O4/c1-64-54(60-66-49-27-15-17-29-51(49)72-60)58-53-52(55(39-30-34-45(69)35-31-39)68(58)62(43-22-10-4-11-23-43)44-24-12-5-13-25-44)57(47(38-63)59-65-48-26-14-16-28-50(48)71-59)67(56(53)40-32-36-46(70)37-33-40)61(41-18-6-2-7-19-41)42-20-8-3-9-21-42/h2-37,69-70H/b57-47-,58-54+. The van der Waals surface area contributed by atoms with Crippen molar-refractivity contribution in [3.05, 3.63) is 252 Å². The van der Waals surface area contributed by atoms with E-state index in [1.807, 2.05) is 146 Å². The summed E-state index contributed by atoms with van der Waals surface area (Å²) in [7, 11) is 0. The van der Waals surface area contributed by atoms with Crippen LogP contribution in [0, 0.1) is 17.9 Å². The maximum absolute atomic E-state index is 12.0. The Labute approximate surface area is 413 Å². The van der Waals surface area contributed by atoms with E-state index >= 15 is 0 Å². The molecule has 4 aromatic heterocycles. The average molecular weight is 929 g/mol. The van der Waals surface area contributed by atoms with E-state index in [4.69, 9.17) is 18.8 Å². The summed E-state index contributed by atoms with van der Waals surface area (Å²) in [4.78, 5) is 14.5. The lowest BCUT2D eigenvalue weighted by atomic mass is 9.50. The quantitative estimate of drug-likeness (QED) is 0.104. The second kappa shape index (κ2) is 18.1. The third kappa shape index (κ3) is 7.39. The van der Waals surface area contributed by atoms with Crippen LogP contribution in [-0.2, 0) is 0 Å². The number of fused-ring (bicyclic) bond motifs is 3. The van der Waals surface area contributed by atoms with Gasteiger partial charge in [0.25, 0.3) is 5.70 Å². The highest BCUT2D eigenvalue weighted by Gasteiger charge is 2.38. The molecule has 0 bridgehead atoms. The molecule has 0 unspecified atom stereocenters. The lowest BCUT2D eigenvalue weighted by molar-refractivity contribution is 0.475. The Kier molecular flexibility index (Phi) is 10.9. The fraction of sp³-hybridized carbons (Fsp3) is 0. The van der Waals surface area contributed by atoms with E-state index in [1.165, 1.54) is 0 Å². The van der Waals surface area contributed by atoms with Gasteiger partial charge < -0.3 is 28.0 Å². The molecule has 0 aliphatic heterocycles. The normalized spacial score (nSPS) is 12.1. The van der Waals surface area contributed by atoms with Gasteiger partial charge >= 0.3 is 13.7 Å². The van der Waals surface area contributed by atoms with Crippen LogP contribution in [0.1, 0.15) is 11.8 Å². The zero-order valence-electron chi connectivity index (χ0n) is 38.3. The molecule has 12 rings (SSSR count). The highest BCUT2D eigenvalue weighted by Crippen LogP contribution is 2.38. The maximum Gasteiger partial charge on any atom is 0.328 e. The largest absolute Gasteiger partial charge is 0.508 e. The number of nitrogens with zero attached hydrogens (tertiary/aromatic N) is 6. The Bertz CT molecular complexity index is 3780. The SMILES string of the molecule is [C-]#[N+]/C(c1nc2ccccc2o1)=c1\c2c(-c3ccc(O)cc3)n(B(c3ccccc3)c3ccccc3)/c(=C(/C#N)c3nc4ccccc4o3)c2c(-c2ccc(O)cc2)n1B(c1ccccc1)c1ccccc1. The summed E-state index contributed by atoms with van der Waals surface area (Å²) in [6, 6.07) is 71.8. The number of phenolic OH excluding ortho intramolecular Hbond substituents is 2. The van der Waals surface area contributed by atoms with Crippen LogP contribution in [-0.4, -0.2) is 42.8 Å². The molecule has 0 saturated carbocycles. The van der Waals surface area contributed by atoms with Gasteiger partial charge in [0.05, 0.1) is 17.3 Å². The minimum Gasteiger partial charge on any atom is -0.508 e. The summed E-state index contributed by atoms with van der Waals surface area (Å²) in [5.41, 5.74) is 8.57. The first-order valence-corrected chi connectivity index (χ1v) is 23.3. The van der Waals surface area contributed by atoms with Gasteiger partial charge in [-0.3, -0.25) is 0 Å². The minimum atomic E-state index is -0.625. The van der Waals surface area contributed by atoms with Gasteiger partial charge in [-0.1, -0.05) is 167 Å². The van der Waals surface area contributed by atoms with E-state index in [2.05, 4.69) is 68.4 Å². The molecule has 12 aromatic rings. The summed E-state index contributed by atoms with van der Waals surface area (Å²) in [5.74, 6) is 0.310. The van der Waals surface area contributed by atoms with Crippen molar-refractivity contribution >= 4 is 79.8 Å². The number of rotatable bonds is 10. The number of hydrogen-bond acceptors (Lipinski definition) is 7. The van der Waals surface area contributed by atoms with Crippen molar-refractivity contribution in [3.8, 4) is 40.1 Å². The molecule has 0 aliphatic carbocycles. The molecule has 2 N–H and O–H groups in total. The van der Waals surface area contributed by atoms with Gasteiger partial charge in [-0.25, -0.2) is 14.8 Å². The van der Waals surface area contributed by atoms with Crippen LogP contribution in [0.3, 0.4) is 0 Å². The van der Waals surface area contributed by atoms with Crippen LogP contribution >= 0.6 is 0 Å². The highest BCUT2D eigenvalue weighted by molar-refractivity contribution is 6.85. The lowest BCUT2D eigenvalue weighted by Crippen LogP contribution is -2.54. The van der Waals surface area contributed by atoms with Gasteiger partial charge in [0.15, 0.2) is 11.2 Å². The van der Waals surface area contributed by atoms with Crippen LogP contribution in [0.25, 0.3) is 71.6 Å². The number of phenols is 2. The lowest BCUT2D eigenvalue weighted by Gasteiger charge is -2.24. The third-order valence-electron chi connectivity index (χ3n) is 13.1. The fourth-order valence-corrected chi connectivity index (χ4v) is 10.1. The molecule has 0 aliphatic rings. The van der Waals surface area contributed by atoms with Crippen molar-refractivity contribution in [3.63, 3.8) is 0 Å². The van der Waals surface area contributed by atoms with Gasteiger partial charge in [-0.2, -0.15) is 5.26 Å². The molecule has 0 radical (unpaired) electrons. The smallest absolute Gasteiger partial charge is 0.328 e. The molecule has 0 spiro atoms. The fourth-order valence-electron chi connectivity index (χ4n) is 10.1. The summed E-state index contributed by atoms with van der Waals surface area (Å²) >= 11 is 0. The molecule has 72 heavy (non-hydrogen) atoms. The molecule has 0 fully saturated rings. The molecular weight excluding hydrogens is 890 g/mol. The summed E-state index contributed by atoms with van der Waals surface area (Å²) in [5, 5.41) is 36.0. The van der Waals surface area contributed by atoms with Crippen LogP contribution in [0.4, 0.5) is 0 Å². The monoisotopic (exact) mass is 928 g/mol. The zero-order valence-corrected chi connectivity index (χ0v) is 38.3. The van der Waals surface area contributed by atoms with E-state index in [9.17, 15) is 22.0 Å². The van der Waals surface area contributed by atoms with Crippen LogP contribution in [0.5, 0.6) is 11.5 Å². The second-order valence-corrected chi connectivity index (χ2v) is 17.3. The van der Waals surface area contributed by atoms with E-state index in [-0.39, 0.29) is 34.6 Å². The van der Waals surface area contributed by atoms with E-state index < -0.39 is 13.7 Å². The number of nitriles is 1. The van der Waals surface area contributed by atoms with E-state index in [0.29, 0.717) is 66.2 Å². The Balaban J connectivity index is 1.45.